The highest BCUT2D eigenvalue weighted by Crippen LogP contribution is 2.29. The molecule has 0 saturated carbocycles. The number of aromatic nitrogens is 2. The number of halogens is 3. The number of hydrogen-bond donors (Lipinski definition) is 1. The largest absolute Gasteiger partial charge is 0.338 e. The summed E-state index contributed by atoms with van der Waals surface area (Å²) in [5.41, 5.74) is 1.29. The fraction of sp³-hybridized carbons (Fsp3) is 0.286. The van der Waals surface area contributed by atoms with E-state index in [1.54, 1.807) is 30.3 Å². The first-order valence-corrected chi connectivity index (χ1v) is 10.7. The van der Waals surface area contributed by atoms with E-state index in [0.29, 0.717) is 51.1 Å². The third-order valence-electron chi connectivity index (χ3n) is 5.01. The van der Waals surface area contributed by atoms with Crippen LogP contribution in [-0.2, 0) is 11.3 Å². The van der Waals surface area contributed by atoms with Crippen molar-refractivity contribution in [3.63, 3.8) is 0 Å². The summed E-state index contributed by atoms with van der Waals surface area (Å²) in [4.78, 5) is 19.3. The molecule has 2 aromatic carbocycles. The Labute approximate surface area is 189 Å². The molecule has 156 valence electrons. The Morgan fingerprint density at radius 1 is 1.17 bits per heavy atom. The summed E-state index contributed by atoms with van der Waals surface area (Å²) in [6, 6.07) is 12.3. The number of carbonyl (C=O) groups excluding carboxylic acids is 1. The van der Waals surface area contributed by atoms with E-state index in [9.17, 15) is 4.79 Å². The number of benzene rings is 2. The van der Waals surface area contributed by atoms with Gasteiger partial charge < -0.3 is 9.84 Å². The number of nitrogens with zero attached hydrogens (tertiary/aromatic N) is 3. The van der Waals surface area contributed by atoms with Gasteiger partial charge in [-0.1, -0.05) is 52.1 Å². The zero-order valence-corrected chi connectivity index (χ0v) is 18.2. The van der Waals surface area contributed by atoms with Crippen LogP contribution in [0.4, 0.5) is 5.69 Å². The normalized spacial score (nSPS) is 17.1. The molecule has 2 heterocycles. The topological polar surface area (TPSA) is 71.3 Å². The molecular weight excluding hydrogens is 447 g/mol. The van der Waals surface area contributed by atoms with Crippen molar-refractivity contribution in [3.05, 3.63) is 63.4 Å². The van der Waals surface area contributed by atoms with E-state index in [2.05, 4.69) is 20.4 Å². The molecule has 9 heteroatoms. The van der Waals surface area contributed by atoms with Crippen LogP contribution in [0.1, 0.15) is 18.7 Å². The van der Waals surface area contributed by atoms with Gasteiger partial charge in [0.05, 0.1) is 28.2 Å². The van der Waals surface area contributed by atoms with Gasteiger partial charge in [-0.05, 0) is 49.7 Å². The Kier molecular flexibility index (Phi) is 6.58. The molecule has 1 saturated heterocycles. The van der Waals surface area contributed by atoms with Crippen LogP contribution in [0.25, 0.3) is 11.4 Å². The number of nitrogens with one attached hydrogen (secondary N) is 1. The maximum atomic E-state index is 12.7. The highest BCUT2D eigenvalue weighted by molar-refractivity contribution is 6.36. The van der Waals surface area contributed by atoms with Crippen molar-refractivity contribution in [3.8, 4) is 11.4 Å². The van der Waals surface area contributed by atoms with E-state index in [1.807, 2.05) is 12.1 Å². The van der Waals surface area contributed by atoms with Gasteiger partial charge in [0.15, 0.2) is 0 Å². The van der Waals surface area contributed by atoms with Crippen molar-refractivity contribution in [2.75, 3.05) is 18.4 Å². The Morgan fingerprint density at radius 3 is 2.80 bits per heavy atom. The Morgan fingerprint density at radius 2 is 2.00 bits per heavy atom. The van der Waals surface area contributed by atoms with Crippen molar-refractivity contribution in [1.29, 1.82) is 0 Å². The monoisotopic (exact) mass is 464 g/mol. The minimum absolute atomic E-state index is 0.0352. The smallest absolute Gasteiger partial charge is 0.241 e. The fourth-order valence-electron chi connectivity index (χ4n) is 3.50. The highest BCUT2D eigenvalue weighted by atomic mass is 35.5. The highest BCUT2D eigenvalue weighted by Gasteiger charge is 2.27. The molecule has 1 aromatic heterocycles. The zero-order chi connectivity index (χ0) is 21.1. The first kappa shape index (κ1) is 21.1. The van der Waals surface area contributed by atoms with Gasteiger partial charge in [-0.2, -0.15) is 4.98 Å². The molecule has 1 fully saturated rings. The SMILES string of the molecule is O=C(Nc1ccccc1Cl)C1CCCN(Cc2nc(-c3ccc(Cl)cc3Cl)no2)C1. The average Bonchev–Trinajstić information content (AvgIpc) is 3.18. The van der Waals surface area contributed by atoms with Crippen LogP contribution < -0.4 is 5.32 Å². The van der Waals surface area contributed by atoms with E-state index >= 15 is 0 Å². The van der Waals surface area contributed by atoms with Crippen LogP contribution in [0.3, 0.4) is 0 Å². The second-order valence-electron chi connectivity index (χ2n) is 7.18. The van der Waals surface area contributed by atoms with Gasteiger partial charge in [-0.25, -0.2) is 0 Å². The Hall–Kier alpha value is -2.12. The van der Waals surface area contributed by atoms with Crippen LogP contribution in [0, 0.1) is 5.92 Å². The molecule has 30 heavy (non-hydrogen) atoms. The van der Waals surface area contributed by atoms with Gasteiger partial charge in [0, 0.05) is 17.1 Å². The lowest BCUT2D eigenvalue weighted by molar-refractivity contribution is -0.121. The minimum Gasteiger partial charge on any atom is -0.338 e. The van der Waals surface area contributed by atoms with Crippen LogP contribution in [0.15, 0.2) is 47.0 Å². The van der Waals surface area contributed by atoms with E-state index in [1.165, 1.54) is 0 Å². The lowest BCUT2D eigenvalue weighted by atomic mass is 9.97. The van der Waals surface area contributed by atoms with E-state index in [4.69, 9.17) is 39.3 Å². The summed E-state index contributed by atoms with van der Waals surface area (Å²) in [6.45, 7) is 1.93. The fourth-order valence-corrected chi connectivity index (χ4v) is 4.18. The van der Waals surface area contributed by atoms with Crippen LogP contribution in [-0.4, -0.2) is 34.0 Å². The maximum Gasteiger partial charge on any atom is 0.241 e. The summed E-state index contributed by atoms with van der Waals surface area (Å²) in [5, 5.41) is 8.49. The molecule has 1 unspecified atom stereocenters. The second kappa shape index (κ2) is 9.35. The number of carbonyl (C=O) groups is 1. The minimum atomic E-state index is -0.136. The van der Waals surface area contributed by atoms with Gasteiger partial charge in [0.25, 0.3) is 0 Å². The van der Waals surface area contributed by atoms with Gasteiger partial charge in [-0.15, -0.1) is 0 Å². The maximum absolute atomic E-state index is 12.7. The quantitative estimate of drug-likeness (QED) is 0.535. The van der Waals surface area contributed by atoms with Crippen molar-refractivity contribution >= 4 is 46.4 Å². The third-order valence-corrected chi connectivity index (χ3v) is 5.88. The summed E-state index contributed by atoms with van der Waals surface area (Å²) in [5.74, 6) is 0.718. The predicted molar refractivity (Wildman–Crippen MR) is 118 cm³/mol. The molecule has 0 spiro atoms. The predicted octanol–water partition coefficient (Wildman–Crippen LogP) is 5.55. The molecule has 1 amide bonds. The lowest BCUT2D eigenvalue weighted by Gasteiger charge is -2.30. The molecular formula is C21H19Cl3N4O2. The molecule has 1 aliphatic rings. The molecule has 3 aromatic rings. The zero-order valence-electron chi connectivity index (χ0n) is 15.9. The van der Waals surface area contributed by atoms with Gasteiger partial charge in [-0.3, -0.25) is 9.69 Å². The van der Waals surface area contributed by atoms with Crippen LogP contribution in [0.5, 0.6) is 0 Å². The Balaban J connectivity index is 1.39. The molecule has 0 bridgehead atoms. The molecule has 4 rings (SSSR count). The average molecular weight is 466 g/mol. The number of piperidine rings is 1. The number of rotatable bonds is 5. The molecule has 1 N–H and O–H groups in total. The second-order valence-corrected chi connectivity index (χ2v) is 8.43. The summed E-state index contributed by atoms with van der Waals surface area (Å²) >= 11 is 18.3. The summed E-state index contributed by atoms with van der Waals surface area (Å²) < 4.78 is 5.40. The first-order valence-electron chi connectivity index (χ1n) is 9.55. The standard InChI is InChI=1S/C21H19Cl3N4O2/c22-14-7-8-15(17(24)10-14)20-26-19(30-27-20)12-28-9-3-4-13(11-28)21(29)25-18-6-2-1-5-16(18)23/h1-2,5-8,10,13H,3-4,9,11-12H2,(H,25,29). The number of para-hydroxylation sites is 1. The van der Waals surface area contributed by atoms with E-state index in [0.717, 1.165) is 19.4 Å². The summed E-state index contributed by atoms with van der Waals surface area (Å²) in [6.07, 6.45) is 1.73. The third kappa shape index (κ3) is 4.95. The molecule has 0 radical (unpaired) electrons. The van der Waals surface area contributed by atoms with Gasteiger partial charge in [0.2, 0.25) is 17.6 Å². The van der Waals surface area contributed by atoms with Crippen molar-refractivity contribution in [2.45, 2.75) is 19.4 Å². The Bertz CT molecular complexity index is 1060. The lowest BCUT2D eigenvalue weighted by Crippen LogP contribution is -2.40. The molecule has 6 nitrogen and oxygen atoms in total. The van der Waals surface area contributed by atoms with Crippen LogP contribution in [0.2, 0.25) is 15.1 Å². The van der Waals surface area contributed by atoms with Gasteiger partial charge in [0.1, 0.15) is 0 Å². The number of hydrogen-bond acceptors (Lipinski definition) is 5. The first-order chi connectivity index (χ1) is 14.5. The van der Waals surface area contributed by atoms with Crippen molar-refractivity contribution < 1.29 is 9.32 Å². The molecule has 1 atom stereocenters. The van der Waals surface area contributed by atoms with Crippen LogP contribution >= 0.6 is 34.8 Å². The van der Waals surface area contributed by atoms with E-state index in [-0.39, 0.29) is 11.8 Å². The number of likely N-dealkylation sites (tertiary alicyclic amines) is 1. The molecule has 1 aliphatic heterocycles. The molecule has 0 aliphatic carbocycles. The van der Waals surface area contributed by atoms with Gasteiger partial charge >= 0.3 is 0 Å². The van der Waals surface area contributed by atoms with Crippen molar-refractivity contribution in [1.82, 2.24) is 15.0 Å². The summed E-state index contributed by atoms with van der Waals surface area (Å²) in [7, 11) is 0. The van der Waals surface area contributed by atoms with Crippen molar-refractivity contribution in [2.24, 2.45) is 5.92 Å². The number of amides is 1. The number of anilines is 1. The van der Waals surface area contributed by atoms with E-state index < -0.39 is 0 Å².